The molecular formula is C16H22ClFN2. The van der Waals surface area contributed by atoms with Gasteiger partial charge in [-0.05, 0) is 30.5 Å². The van der Waals surface area contributed by atoms with E-state index in [9.17, 15) is 4.39 Å². The lowest BCUT2D eigenvalue weighted by Gasteiger charge is -2.46. The molecule has 1 aliphatic heterocycles. The predicted molar refractivity (Wildman–Crippen MR) is 80.5 cm³/mol. The highest BCUT2D eigenvalue weighted by Gasteiger charge is 2.35. The first-order valence-electron chi connectivity index (χ1n) is 7.58. The lowest BCUT2D eigenvalue weighted by molar-refractivity contribution is 0.0944. The van der Waals surface area contributed by atoms with Gasteiger partial charge in [-0.3, -0.25) is 4.90 Å². The largest absolute Gasteiger partial charge is 0.309 e. The number of nitrogens with one attached hydrogen (secondary N) is 1. The molecular weight excluding hydrogens is 275 g/mol. The van der Waals surface area contributed by atoms with E-state index in [4.69, 9.17) is 11.6 Å². The second kappa shape index (κ2) is 6.00. The second-order valence-electron chi connectivity index (χ2n) is 6.23. The SMILES string of the molecule is Fc1cc(CN2CCNC3(CCCCC3)C2)ccc1Cl. The number of hydrogen-bond donors (Lipinski definition) is 1. The Labute approximate surface area is 125 Å². The number of piperazine rings is 1. The van der Waals surface area contributed by atoms with Crippen LogP contribution < -0.4 is 5.32 Å². The van der Waals surface area contributed by atoms with Crippen molar-refractivity contribution >= 4 is 11.6 Å². The van der Waals surface area contributed by atoms with Crippen LogP contribution in [0.3, 0.4) is 0 Å². The first-order valence-corrected chi connectivity index (χ1v) is 7.96. The number of halogens is 2. The predicted octanol–water partition coefficient (Wildman–Crippen LogP) is 3.59. The van der Waals surface area contributed by atoms with Crippen molar-refractivity contribution in [2.75, 3.05) is 19.6 Å². The first-order chi connectivity index (χ1) is 9.67. The molecule has 1 saturated heterocycles. The zero-order chi connectivity index (χ0) is 14.0. The molecule has 1 aromatic rings. The van der Waals surface area contributed by atoms with Crippen molar-refractivity contribution < 1.29 is 4.39 Å². The lowest BCUT2D eigenvalue weighted by atomic mass is 9.80. The van der Waals surface area contributed by atoms with Gasteiger partial charge >= 0.3 is 0 Å². The third-order valence-corrected chi connectivity index (χ3v) is 4.96. The van der Waals surface area contributed by atoms with Crippen LogP contribution in [0.5, 0.6) is 0 Å². The zero-order valence-electron chi connectivity index (χ0n) is 11.8. The van der Waals surface area contributed by atoms with E-state index < -0.39 is 0 Å². The van der Waals surface area contributed by atoms with E-state index in [-0.39, 0.29) is 10.8 Å². The van der Waals surface area contributed by atoms with Crippen LogP contribution in [-0.4, -0.2) is 30.1 Å². The normalized spacial score (nSPS) is 23.1. The van der Waals surface area contributed by atoms with Gasteiger partial charge in [-0.2, -0.15) is 0 Å². The molecule has 0 bridgehead atoms. The molecule has 1 saturated carbocycles. The summed E-state index contributed by atoms with van der Waals surface area (Å²) in [6, 6.07) is 5.16. The van der Waals surface area contributed by atoms with Crippen LogP contribution >= 0.6 is 11.6 Å². The van der Waals surface area contributed by atoms with E-state index in [0.717, 1.165) is 31.7 Å². The molecule has 2 fully saturated rings. The summed E-state index contributed by atoms with van der Waals surface area (Å²) in [4.78, 5) is 2.45. The molecule has 3 rings (SSSR count). The molecule has 4 heteroatoms. The standard InChI is InChI=1S/C16H22ClFN2/c17-14-5-4-13(10-15(14)18)11-20-9-8-19-16(12-20)6-2-1-3-7-16/h4-5,10,19H,1-3,6-9,11-12H2. The summed E-state index contributed by atoms with van der Waals surface area (Å²) >= 11 is 5.74. The fourth-order valence-electron chi connectivity index (χ4n) is 3.64. The van der Waals surface area contributed by atoms with Gasteiger partial charge in [-0.1, -0.05) is 36.9 Å². The van der Waals surface area contributed by atoms with Crippen LogP contribution in [0.15, 0.2) is 18.2 Å². The highest BCUT2D eigenvalue weighted by Crippen LogP contribution is 2.31. The van der Waals surface area contributed by atoms with Gasteiger partial charge < -0.3 is 5.32 Å². The van der Waals surface area contributed by atoms with Crippen LogP contribution in [0.1, 0.15) is 37.7 Å². The molecule has 20 heavy (non-hydrogen) atoms. The molecule has 2 aliphatic rings. The Balaban J connectivity index is 1.66. The number of benzene rings is 1. The molecule has 1 spiro atoms. The van der Waals surface area contributed by atoms with E-state index >= 15 is 0 Å². The Kier molecular flexibility index (Phi) is 4.29. The molecule has 1 aliphatic carbocycles. The zero-order valence-corrected chi connectivity index (χ0v) is 12.6. The Morgan fingerprint density at radius 1 is 1.25 bits per heavy atom. The minimum absolute atomic E-state index is 0.206. The van der Waals surface area contributed by atoms with E-state index in [1.165, 1.54) is 32.1 Å². The van der Waals surface area contributed by atoms with Gasteiger partial charge in [0, 0.05) is 31.7 Å². The summed E-state index contributed by atoms with van der Waals surface area (Å²) in [6.07, 6.45) is 6.58. The smallest absolute Gasteiger partial charge is 0.142 e. The van der Waals surface area contributed by atoms with Gasteiger partial charge in [0.1, 0.15) is 5.82 Å². The third kappa shape index (κ3) is 3.16. The second-order valence-corrected chi connectivity index (χ2v) is 6.63. The first kappa shape index (κ1) is 14.3. The Morgan fingerprint density at radius 3 is 2.80 bits per heavy atom. The van der Waals surface area contributed by atoms with Crippen molar-refractivity contribution in [2.24, 2.45) is 0 Å². The van der Waals surface area contributed by atoms with Crippen molar-refractivity contribution in [1.29, 1.82) is 0 Å². The maximum absolute atomic E-state index is 13.5. The summed E-state index contributed by atoms with van der Waals surface area (Å²) in [5.74, 6) is -0.313. The van der Waals surface area contributed by atoms with Crippen LogP contribution in [-0.2, 0) is 6.54 Å². The number of hydrogen-bond acceptors (Lipinski definition) is 2. The molecule has 0 aromatic heterocycles. The van der Waals surface area contributed by atoms with Crippen molar-refractivity contribution in [2.45, 2.75) is 44.2 Å². The lowest BCUT2D eigenvalue weighted by Crippen LogP contribution is -2.60. The third-order valence-electron chi connectivity index (χ3n) is 4.66. The van der Waals surface area contributed by atoms with E-state index in [1.54, 1.807) is 12.1 Å². The average Bonchev–Trinajstić information content (AvgIpc) is 2.44. The van der Waals surface area contributed by atoms with Gasteiger partial charge in [0.15, 0.2) is 0 Å². The summed E-state index contributed by atoms with van der Waals surface area (Å²) < 4.78 is 13.5. The van der Waals surface area contributed by atoms with Crippen LogP contribution in [0.25, 0.3) is 0 Å². The molecule has 0 amide bonds. The van der Waals surface area contributed by atoms with Crippen molar-refractivity contribution in [3.05, 3.63) is 34.6 Å². The fourth-order valence-corrected chi connectivity index (χ4v) is 3.75. The van der Waals surface area contributed by atoms with Gasteiger partial charge in [-0.25, -0.2) is 4.39 Å². The van der Waals surface area contributed by atoms with E-state index in [1.807, 2.05) is 6.07 Å². The van der Waals surface area contributed by atoms with Crippen LogP contribution in [0, 0.1) is 5.82 Å². The van der Waals surface area contributed by atoms with Gasteiger partial charge in [0.05, 0.1) is 5.02 Å². The molecule has 2 nitrogen and oxygen atoms in total. The van der Waals surface area contributed by atoms with Crippen LogP contribution in [0.4, 0.5) is 4.39 Å². The molecule has 110 valence electrons. The fraction of sp³-hybridized carbons (Fsp3) is 0.625. The van der Waals surface area contributed by atoms with Gasteiger partial charge in [0.2, 0.25) is 0 Å². The highest BCUT2D eigenvalue weighted by atomic mass is 35.5. The maximum atomic E-state index is 13.5. The summed E-state index contributed by atoms with van der Waals surface area (Å²) in [7, 11) is 0. The topological polar surface area (TPSA) is 15.3 Å². The minimum atomic E-state index is -0.313. The molecule has 0 atom stereocenters. The van der Waals surface area contributed by atoms with E-state index in [0.29, 0.717) is 5.54 Å². The Hall–Kier alpha value is -0.640. The molecule has 0 unspecified atom stereocenters. The van der Waals surface area contributed by atoms with Gasteiger partial charge in [-0.15, -0.1) is 0 Å². The maximum Gasteiger partial charge on any atom is 0.142 e. The van der Waals surface area contributed by atoms with Crippen molar-refractivity contribution in [1.82, 2.24) is 10.2 Å². The summed E-state index contributed by atoms with van der Waals surface area (Å²) in [5.41, 5.74) is 1.32. The van der Waals surface area contributed by atoms with E-state index in [2.05, 4.69) is 10.2 Å². The summed E-state index contributed by atoms with van der Waals surface area (Å²) in [5, 5.41) is 3.94. The number of nitrogens with zero attached hydrogens (tertiary/aromatic N) is 1. The monoisotopic (exact) mass is 296 g/mol. The van der Waals surface area contributed by atoms with Crippen molar-refractivity contribution in [3.8, 4) is 0 Å². The van der Waals surface area contributed by atoms with Crippen molar-refractivity contribution in [3.63, 3.8) is 0 Å². The molecule has 1 N–H and O–H groups in total. The summed E-state index contributed by atoms with van der Waals surface area (Å²) in [6.45, 7) is 3.97. The van der Waals surface area contributed by atoms with Crippen LogP contribution in [0.2, 0.25) is 5.02 Å². The molecule has 1 heterocycles. The Morgan fingerprint density at radius 2 is 2.05 bits per heavy atom. The highest BCUT2D eigenvalue weighted by molar-refractivity contribution is 6.30. The minimum Gasteiger partial charge on any atom is -0.309 e. The number of rotatable bonds is 2. The average molecular weight is 297 g/mol. The quantitative estimate of drug-likeness (QED) is 0.897. The van der Waals surface area contributed by atoms with Gasteiger partial charge in [0.25, 0.3) is 0 Å². The Bertz CT molecular complexity index is 466. The molecule has 1 aromatic carbocycles. The molecule has 0 radical (unpaired) electrons.